The third kappa shape index (κ3) is 3.51. The molecule has 0 saturated heterocycles. The van der Waals surface area contributed by atoms with Crippen LogP contribution in [0, 0.1) is 10.1 Å². The molecule has 21 heavy (non-hydrogen) atoms. The van der Waals surface area contributed by atoms with Gasteiger partial charge in [0.15, 0.2) is 0 Å². The monoisotopic (exact) mass is 313 g/mol. The molecule has 0 amide bonds. The van der Waals surface area contributed by atoms with Crippen LogP contribution in [0.3, 0.4) is 0 Å². The highest BCUT2D eigenvalue weighted by atomic mass is 32.2. The molecule has 0 aliphatic heterocycles. The molecule has 116 valence electrons. The summed E-state index contributed by atoms with van der Waals surface area (Å²) in [6, 6.07) is 3.44. The van der Waals surface area contributed by atoms with Gasteiger partial charge in [0.05, 0.1) is 10.6 Å². The first kappa shape index (κ1) is 15.7. The van der Waals surface area contributed by atoms with Crippen molar-refractivity contribution in [2.75, 3.05) is 5.73 Å². The van der Waals surface area contributed by atoms with E-state index in [9.17, 15) is 18.5 Å². The van der Waals surface area contributed by atoms with Crippen molar-refractivity contribution < 1.29 is 13.3 Å². The van der Waals surface area contributed by atoms with Crippen LogP contribution in [0.4, 0.5) is 11.4 Å². The summed E-state index contributed by atoms with van der Waals surface area (Å²) < 4.78 is 27.6. The first-order valence-electron chi connectivity index (χ1n) is 6.81. The Kier molecular flexibility index (Phi) is 4.20. The van der Waals surface area contributed by atoms with Gasteiger partial charge < -0.3 is 5.73 Å². The van der Waals surface area contributed by atoms with Crippen LogP contribution in [0.1, 0.15) is 39.0 Å². The summed E-state index contributed by atoms with van der Waals surface area (Å²) in [5.74, 6) is 0. The number of nitrogens with two attached hydrogens (primary N) is 1. The fourth-order valence-electron chi connectivity index (χ4n) is 2.68. The zero-order valence-electron chi connectivity index (χ0n) is 11.8. The van der Waals surface area contributed by atoms with Gasteiger partial charge in [0.2, 0.25) is 10.0 Å². The van der Waals surface area contributed by atoms with Crippen molar-refractivity contribution in [1.29, 1.82) is 0 Å². The topological polar surface area (TPSA) is 115 Å². The Morgan fingerprint density at radius 2 is 1.90 bits per heavy atom. The summed E-state index contributed by atoms with van der Waals surface area (Å²) >= 11 is 0. The Balaban J connectivity index is 2.35. The molecule has 0 atom stereocenters. The van der Waals surface area contributed by atoms with Crippen molar-refractivity contribution in [2.45, 2.75) is 49.5 Å². The van der Waals surface area contributed by atoms with E-state index in [1.54, 1.807) is 0 Å². The van der Waals surface area contributed by atoms with Crippen LogP contribution in [-0.4, -0.2) is 18.9 Å². The number of nitro groups is 1. The number of sulfonamides is 1. The highest BCUT2D eigenvalue weighted by Crippen LogP contribution is 2.31. The molecular weight excluding hydrogens is 294 g/mol. The summed E-state index contributed by atoms with van der Waals surface area (Å²) in [4.78, 5) is 9.92. The van der Waals surface area contributed by atoms with E-state index in [0.717, 1.165) is 38.2 Å². The molecule has 1 aromatic carbocycles. The normalized spacial score (nSPS) is 18.3. The molecule has 0 unspecified atom stereocenters. The number of benzene rings is 1. The molecule has 1 fully saturated rings. The third-order valence-electron chi connectivity index (χ3n) is 3.84. The molecule has 0 aromatic heterocycles. The number of nitrogen functional groups attached to an aromatic ring is 1. The van der Waals surface area contributed by atoms with Crippen LogP contribution in [0.25, 0.3) is 0 Å². The first-order valence-corrected chi connectivity index (χ1v) is 8.30. The first-order chi connectivity index (χ1) is 9.73. The van der Waals surface area contributed by atoms with Crippen molar-refractivity contribution in [1.82, 2.24) is 4.72 Å². The summed E-state index contributed by atoms with van der Waals surface area (Å²) in [6.07, 6.45) is 4.52. The Morgan fingerprint density at radius 1 is 1.29 bits per heavy atom. The quantitative estimate of drug-likeness (QED) is 0.502. The Labute approximate surface area is 123 Å². The summed E-state index contributed by atoms with van der Waals surface area (Å²) in [6.45, 7) is 1.86. The van der Waals surface area contributed by atoms with Crippen molar-refractivity contribution in [2.24, 2.45) is 0 Å². The number of hydrogen-bond acceptors (Lipinski definition) is 5. The van der Waals surface area contributed by atoms with E-state index >= 15 is 0 Å². The van der Waals surface area contributed by atoms with E-state index in [1.807, 2.05) is 6.92 Å². The SMILES string of the molecule is CC1(NS(=O)(=O)c2cc([N+](=O)[O-])ccc2N)CCCCC1. The summed E-state index contributed by atoms with van der Waals surface area (Å²) in [7, 11) is -3.88. The van der Waals surface area contributed by atoms with Gasteiger partial charge in [0.25, 0.3) is 5.69 Å². The number of nitrogens with one attached hydrogen (secondary N) is 1. The van der Waals surface area contributed by atoms with Crippen LogP contribution in [0.2, 0.25) is 0 Å². The molecule has 7 nitrogen and oxygen atoms in total. The number of rotatable bonds is 4. The van der Waals surface area contributed by atoms with Gasteiger partial charge >= 0.3 is 0 Å². The van der Waals surface area contributed by atoms with Gasteiger partial charge in [-0.15, -0.1) is 0 Å². The number of nitro benzene ring substituents is 1. The van der Waals surface area contributed by atoms with E-state index in [4.69, 9.17) is 5.73 Å². The average Bonchev–Trinajstić information content (AvgIpc) is 2.38. The predicted octanol–water partition coefficient (Wildman–Crippen LogP) is 2.18. The number of hydrogen-bond donors (Lipinski definition) is 2. The van der Waals surface area contributed by atoms with E-state index in [0.29, 0.717) is 0 Å². The van der Waals surface area contributed by atoms with Crippen molar-refractivity contribution in [3.8, 4) is 0 Å². The van der Waals surface area contributed by atoms with Gasteiger partial charge in [0, 0.05) is 17.7 Å². The van der Waals surface area contributed by atoms with Crippen LogP contribution in [-0.2, 0) is 10.0 Å². The second-order valence-corrected chi connectivity index (χ2v) is 7.36. The lowest BCUT2D eigenvalue weighted by Crippen LogP contribution is -2.47. The van der Waals surface area contributed by atoms with Gasteiger partial charge in [-0.1, -0.05) is 19.3 Å². The van der Waals surface area contributed by atoms with E-state index in [2.05, 4.69) is 4.72 Å². The minimum atomic E-state index is -3.88. The molecule has 0 spiro atoms. The van der Waals surface area contributed by atoms with Gasteiger partial charge in [-0.3, -0.25) is 10.1 Å². The molecular formula is C13H19N3O4S. The Bertz CT molecular complexity index is 651. The zero-order valence-corrected chi connectivity index (χ0v) is 12.6. The van der Waals surface area contributed by atoms with Crippen LogP contribution < -0.4 is 10.5 Å². The molecule has 1 aliphatic rings. The van der Waals surface area contributed by atoms with E-state index < -0.39 is 20.5 Å². The van der Waals surface area contributed by atoms with Gasteiger partial charge in [-0.2, -0.15) is 0 Å². The fraction of sp³-hybridized carbons (Fsp3) is 0.538. The largest absolute Gasteiger partial charge is 0.398 e. The lowest BCUT2D eigenvalue weighted by atomic mass is 9.84. The van der Waals surface area contributed by atoms with Crippen molar-refractivity contribution >= 4 is 21.4 Å². The lowest BCUT2D eigenvalue weighted by Gasteiger charge is -2.34. The molecule has 0 bridgehead atoms. The summed E-state index contributed by atoms with van der Waals surface area (Å²) in [5.41, 5.74) is 4.88. The maximum atomic E-state index is 12.5. The van der Waals surface area contributed by atoms with Gasteiger partial charge in [-0.05, 0) is 25.8 Å². The molecule has 1 aromatic rings. The van der Waals surface area contributed by atoms with Crippen LogP contribution >= 0.6 is 0 Å². The molecule has 0 radical (unpaired) electrons. The maximum absolute atomic E-state index is 12.5. The maximum Gasteiger partial charge on any atom is 0.270 e. The zero-order chi connectivity index (χ0) is 15.7. The highest BCUT2D eigenvalue weighted by Gasteiger charge is 2.33. The van der Waals surface area contributed by atoms with Crippen molar-refractivity contribution in [3.63, 3.8) is 0 Å². The molecule has 2 rings (SSSR count). The minimum Gasteiger partial charge on any atom is -0.398 e. The predicted molar refractivity (Wildman–Crippen MR) is 79.3 cm³/mol. The van der Waals surface area contributed by atoms with E-state index in [1.165, 1.54) is 12.1 Å². The van der Waals surface area contributed by atoms with Crippen molar-refractivity contribution in [3.05, 3.63) is 28.3 Å². The summed E-state index contributed by atoms with van der Waals surface area (Å²) in [5, 5.41) is 10.8. The molecule has 3 N–H and O–H groups in total. The van der Waals surface area contributed by atoms with E-state index in [-0.39, 0.29) is 16.3 Å². The third-order valence-corrected chi connectivity index (χ3v) is 5.53. The molecule has 8 heteroatoms. The minimum absolute atomic E-state index is 0.00695. The van der Waals surface area contributed by atoms with Crippen LogP contribution in [0.15, 0.2) is 23.1 Å². The fourth-order valence-corrected chi connectivity index (χ4v) is 4.30. The van der Waals surface area contributed by atoms with Gasteiger partial charge in [0.1, 0.15) is 4.90 Å². The molecule has 1 saturated carbocycles. The number of nitrogens with zero attached hydrogens (tertiary/aromatic N) is 1. The highest BCUT2D eigenvalue weighted by molar-refractivity contribution is 7.89. The number of non-ortho nitro benzene ring substituents is 1. The van der Waals surface area contributed by atoms with Crippen LogP contribution in [0.5, 0.6) is 0 Å². The smallest absolute Gasteiger partial charge is 0.270 e. The standard InChI is InChI=1S/C13H19N3O4S/c1-13(7-3-2-4-8-13)15-21(19,20)12-9-10(16(17)18)5-6-11(12)14/h5-6,9,15H,2-4,7-8,14H2,1H3. The molecule has 1 aliphatic carbocycles. The second kappa shape index (κ2) is 5.61. The Morgan fingerprint density at radius 3 is 2.48 bits per heavy atom. The van der Waals surface area contributed by atoms with Gasteiger partial charge in [-0.25, -0.2) is 13.1 Å². The second-order valence-electron chi connectivity index (χ2n) is 5.71. The average molecular weight is 313 g/mol. The Hall–Kier alpha value is -1.67. The lowest BCUT2D eigenvalue weighted by molar-refractivity contribution is -0.385. The molecule has 0 heterocycles. The number of anilines is 1.